The van der Waals surface area contributed by atoms with E-state index in [0.29, 0.717) is 34.5 Å². The van der Waals surface area contributed by atoms with Gasteiger partial charge in [0.1, 0.15) is 11.3 Å². The Balaban J connectivity index is 1.51. The fourth-order valence-electron chi connectivity index (χ4n) is 4.91. The van der Waals surface area contributed by atoms with Gasteiger partial charge in [0.2, 0.25) is 5.91 Å². The Labute approximate surface area is 268 Å². The molecule has 2 heterocycles. The second-order valence-electron chi connectivity index (χ2n) is 13.4. The quantitative estimate of drug-likeness (QED) is 0.0991. The molecule has 1 N–H and O–H groups in total. The predicted octanol–water partition coefficient (Wildman–Crippen LogP) is 8.79. The van der Waals surface area contributed by atoms with Crippen LogP contribution in [-0.2, 0) is 9.22 Å². The zero-order valence-corrected chi connectivity index (χ0v) is 28.5. The maximum atomic E-state index is 14.5. The van der Waals surface area contributed by atoms with Gasteiger partial charge in [-0.3, -0.25) is 4.79 Å². The number of oxazole rings is 1. The summed E-state index contributed by atoms with van der Waals surface area (Å²) in [6.45, 7) is 12.8. The summed E-state index contributed by atoms with van der Waals surface area (Å²) in [7, 11) is -2.19. The summed E-state index contributed by atoms with van der Waals surface area (Å²) >= 11 is 12.6. The molecule has 1 saturated carbocycles. The van der Waals surface area contributed by atoms with Crippen molar-refractivity contribution in [3.63, 3.8) is 0 Å². The standard InChI is InChI=1S/C33H39Cl2FN4O3Si/c1-21-16-40(19-37-21)28-8-7-22(29-30(28)42-20-38-29)11-24(15-33(18-34)9-10-33)31(41)39-27(17-43-44(5,6)32(2,3)4)23-12-25(35)14-26(36)13-23/h7-8,11-14,16,19-20,27H,9-10,15,17-18H2,1-6H3,(H,39,41). The first-order valence-corrected chi connectivity index (χ1v) is 18.6. The largest absolute Gasteiger partial charge is 0.441 e. The number of halogens is 3. The number of benzene rings is 2. The molecule has 1 fully saturated rings. The Morgan fingerprint density at radius 1 is 1.25 bits per heavy atom. The molecule has 4 aromatic rings. The highest BCUT2D eigenvalue weighted by Crippen LogP contribution is 2.51. The molecule has 44 heavy (non-hydrogen) atoms. The lowest BCUT2D eigenvalue weighted by Gasteiger charge is -2.37. The van der Waals surface area contributed by atoms with Crippen molar-refractivity contribution in [1.82, 2.24) is 19.9 Å². The molecule has 1 amide bonds. The summed E-state index contributed by atoms with van der Waals surface area (Å²) in [6.07, 6.45) is 9.27. The van der Waals surface area contributed by atoms with Gasteiger partial charge in [-0.1, -0.05) is 38.4 Å². The zero-order valence-electron chi connectivity index (χ0n) is 26.0. The molecule has 0 aliphatic heterocycles. The van der Waals surface area contributed by atoms with E-state index >= 15 is 0 Å². The van der Waals surface area contributed by atoms with E-state index in [1.54, 1.807) is 12.4 Å². The third-order valence-electron chi connectivity index (χ3n) is 8.92. The van der Waals surface area contributed by atoms with Crippen LogP contribution in [0.2, 0.25) is 23.2 Å². The van der Waals surface area contributed by atoms with Crippen LogP contribution in [0, 0.1) is 18.2 Å². The van der Waals surface area contributed by atoms with Crippen LogP contribution < -0.4 is 5.32 Å². The van der Waals surface area contributed by atoms with Crippen molar-refractivity contribution in [2.24, 2.45) is 5.41 Å². The minimum Gasteiger partial charge on any atom is -0.441 e. The van der Waals surface area contributed by atoms with Gasteiger partial charge in [-0.05, 0) is 85.6 Å². The van der Waals surface area contributed by atoms with Gasteiger partial charge in [0, 0.05) is 28.2 Å². The average Bonchev–Trinajstić information content (AvgIpc) is 3.31. The van der Waals surface area contributed by atoms with E-state index in [1.165, 1.54) is 18.5 Å². The molecular formula is C33H39Cl2FN4O3Si. The number of alkyl halides is 1. The van der Waals surface area contributed by atoms with E-state index in [1.807, 2.05) is 35.9 Å². The van der Waals surface area contributed by atoms with Gasteiger partial charge in [-0.15, -0.1) is 11.6 Å². The maximum Gasteiger partial charge on any atom is 0.247 e. The molecule has 5 rings (SSSR count). The number of nitrogens with one attached hydrogen (secondary N) is 1. The fraction of sp³-hybridized carbons (Fsp3) is 0.424. The molecule has 1 aliphatic carbocycles. The zero-order chi connectivity index (χ0) is 31.9. The third-order valence-corrected chi connectivity index (χ3v) is 14.2. The monoisotopic (exact) mass is 656 g/mol. The maximum absolute atomic E-state index is 14.5. The number of nitrogens with zero attached hydrogens (tertiary/aromatic N) is 3. The van der Waals surface area contributed by atoms with Crippen LogP contribution >= 0.6 is 23.2 Å². The molecule has 0 bridgehead atoms. The van der Waals surface area contributed by atoms with Crippen LogP contribution in [0.15, 0.2) is 59.2 Å². The lowest BCUT2D eigenvalue weighted by molar-refractivity contribution is -0.118. The van der Waals surface area contributed by atoms with Crippen molar-refractivity contribution >= 4 is 54.6 Å². The van der Waals surface area contributed by atoms with E-state index in [9.17, 15) is 9.18 Å². The van der Waals surface area contributed by atoms with E-state index in [4.69, 9.17) is 32.0 Å². The molecular weight excluding hydrogens is 618 g/mol. The summed E-state index contributed by atoms with van der Waals surface area (Å²) in [4.78, 5) is 23.0. The molecule has 1 unspecified atom stereocenters. The lowest BCUT2D eigenvalue weighted by Crippen LogP contribution is -2.43. The van der Waals surface area contributed by atoms with Crippen LogP contribution in [0.3, 0.4) is 0 Å². The number of carbonyl (C=O) groups is 1. The first-order chi connectivity index (χ1) is 20.7. The predicted molar refractivity (Wildman–Crippen MR) is 176 cm³/mol. The summed E-state index contributed by atoms with van der Waals surface area (Å²) in [5, 5.41) is 3.36. The fourth-order valence-corrected chi connectivity index (χ4v) is 6.52. The van der Waals surface area contributed by atoms with Crippen LogP contribution in [0.5, 0.6) is 0 Å². The first kappa shape index (κ1) is 32.4. The van der Waals surface area contributed by atoms with Crippen LogP contribution in [0.1, 0.15) is 62.9 Å². The van der Waals surface area contributed by atoms with Crippen LogP contribution in [0.25, 0.3) is 22.9 Å². The van der Waals surface area contributed by atoms with Crippen molar-refractivity contribution < 1.29 is 18.0 Å². The average molecular weight is 658 g/mol. The van der Waals surface area contributed by atoms with Gasteiger partial charge in [0.15, 0.2) is 20.3 Å². The molecule has 2 aromatic carbocycles. The summed E-state index contributed by atoms with van der Waals surface area (Å²) < 4.78 is 28.7. The number of aryl methyl sites for hydroxylation is 1. The van der Waals surface area contributed by atoms with E-state index in [2.05, 4.69) is 49.1 Å². The van der Waals surface area contributed by atoms with Crippen molar-refractivity contribution in [3.8, 4) is 5.69 Å². The Bertz CT molecular complexity index is 1680. The third kappa shape index (κ3) is 7.12. The van der Waals surface area contributed by atoms with Gasteiger partial charge in [0.05, 0.1) is 30.4 Å². The van der Waals surface area contributed by atoms with Gasteiger partial charge in [-0.25, -0.2) is 14.4 Å². The second kappa shape index (κ2) is 12.4. The number of imidazole rings is 1. The highest BCUT2D eigenvalue weighted by molar-refractivity contribution is 6.74. The molecule has 11 heteroatoms. The lowest BCUT2D eigenvalue weighted by atomic mass is 9.95. The Hall–Kier alpha value is -2.98. The number of rotatable bonds is 11. The number of carbonyl (C=O) groups excluding carboxylic acids is 1. The van der Waals surface area contributed by atoms with Gasteiger partial charge in [-0.2, -0.15) is 0 Å². The molecule has 1 atom stereocenters. The van der Waals surface area contributed by atoms with Crippen molar-refractivity contribution in [1.29, 1.82) is 0 Å². The van der Waals surface area contributed by atoms with Crippen molar-refractivity contribution in [2.75, 3.05) is 12.5 Å². The summed E-state index contributed by atoms with van der Waals surface area (Å²) in [6, 6.07) is 7.54. The number of hydrogen-bond acceptors (Lipinski definition) is 5. The van der Waals surface area contributed by atoms with Gasteiger partial charge >= 0.3 is 0 Å². The number of fused-ring (bicyclic) bond motifs is 1. The Morgan fingerprint density at radius 2 is 2.00 bits per heavy atom. The molecule has 2 aromatic heterocycles. The Morgan fingerprint density at radius 3 is 2.61 bits per heavy atom. The minimum atomic E-state index is -2.19. The van der Waals surface area contributed by atoms with Crippen LogP contribution in [-0.4, -0.2) is 41.2 Å². The van der Waals surface area contributed by atoms with E-state index < -0.39 is 20.2 Å². The first-order valence-electron chi connectivity index (χ1n) is 14.7. The summed E-state index contributed by atoms with van der Waals surface area (Å²) in [5.74, 6) is -0.306. The number of aromatic nitrogens is 3. The highest BCUT2D eigenvalue weighted by atomic mass is 35.5. The Kier molecular flexibility index (Phi) is 9.15. The molecule has 1 aliphatic rings. The highest BCUT2D eigenvalue weighted by Gasteiger charge is 2.43. The summed E-state index contributed by atoms with van der Waals surface area (Å²) in [5.41, 5.74) is 4.59. The van der Waals surface area contributed by atoms with Crippen LogP contribution in [0.4, 0.5) is 4.39 Å². The second-order valence-corrected chi connectivity index (χ2v) is 18.9. The number of hydrogen-bond donors (Lipinski definition) is 1. The topological polar surface area (TPSA) is 82.2 Å². The van der Waals surface area contributed by atoms with Crippen molar-refractivity contribution in [2.45, 2.75) is 71.1 Å². The minimum absolute atomic E-state index is 0.0462. The normalized spacial score (nSPS) is 15.9. The molecule has 0 saturated heterocycles. The van der Waals surface area contributed by atoms with E-state index in [0.717, 1.165) is 29.8 Å². The smallest absolute Gasteiger partial charge is 0.247 e. The molecule has 7 nitrogen and oxygen atoms in total. The van der Waals surface area contributed by atoms with Gasteiger partial charge < -0.3 is 18.7 Å². The molecule has 234 valence electrons. The molecule has 0 spiro atoms. The van der Waals surface area contributed by atoms with Gasteiger partial charge in [0.25, 0.3) is 0 Å². The van der Waals surface area contributed by atoms with E-state index in [-0.39, 0.29) is 28.0 Å². The SMILES string of the molecule is Cc1cn(-c2ccc(C=C(CC3(CCl)CC3)C(=O)NC(CO[Si](C)(C)C(C)(C)C)c3cc(F)cc(Cl)c3)c3ncoc23)cn1. The van der Waals surface area contributed by atoms with Crippen molar-refractivity contribution in [3.05, 3.63) is 82.5 Å². The number of amides is 1. The molecule has 0 radical (unpaired) electrons.